The number of aryl methyl sites for hydroxylation is 2. The number of anilines is 2. The van der Waals surface area contributed by atoms with E-state index in [2.05, 4.69) is 28.4 Å². The van der Waals surface area contributed by atoms with Crippen LogP contribution in [0.4, 0.5) is 11.4 Å². The van der Waals surface area contributed by atoms with Crippen LogP contribution in [0.1, 0.15) is 23.1 Å². The van der Waals surface area contributed by atoms with Gasteiger partial charge in [0.05, 0.1) is 11.9 Å². The minimum atomic E-state index is -3.56. The van der Waals surface area contributed by atoms with Gasteiger partial charge in [-0.2, -0.15) is 0 Å². The van der Waals surface area contributed by atoms with Gasteiger partial charge in [-0.3, -0.25) is 9.10 Å². The van der Waals surface area contributed by atoms with Gasteiger partial charge in [-0.05, 0) is 61.6 Å². The van der Waals surface area contributed by atoms with Crippen LogP contribution in [0.3, 0.4) is 0 Å². The maximum atomic E-state index is 12.4. The molecule has 2 aromatic carbocycles. The zero-order chi connectivity index (χ0) is 21.0. The van der Waals surface area contributed by atoms with Crippen LogP contribution in [0.5, 0.6) is 0 Å². The average Bonchev–Trinajstić information content (AvgIpc) is 3.05. The molecule has 2 aromatic rings. The number of hydrogen-bond donors (Lipinski definition) is 1. The van der Waals surface area contributed by atoms with Crippen molar-refractivity contribution in [3.8, 4) is 0 Å². The van der Waals surface area contributed by atoms with Crippen LogP contribution in [-0.2, 0) is 21.2 Å². The summed E-state index contributed by atoms with van der Waals surface area (Å²) in [5.41, 5.74) is 5.08. The van der Waals surface area contributed by atoms with E-state index in [1.54, 1.807) is 12.1 Å². The number of nitrogens with zero attached hydrogens (tertiary/aromatic N) is 2. The summed E-state index contributed by atoms with van der Waals surface area (Å²) in [7, 11) is -3.56. The molecule has 0 saturated heterocycles. The third kappa shape index (κ3) is 5.50. The number of benzene rings is 2. The largest absolute Gasteiger partial charge is 0.371 e. The smallest absolute Gasteiger partial charge is 0.240 e. The molecule has 1 amide bonds. The average molecular weight is 416 g/mol. The molecular weight excluding hydrogens is 386 g/mol. The van der Waals surface area contributed by atoms with Crippen molar-refractivity contribution in [1.29, 1.82) is 0 Å². The van der Waals surface area contributed by atoms with Gasteiger partial charge in [-0.15, -0.1) is 0 Å². The van der Waals surface area contributed by atoms with E-state index in [4.69, 9.17) is 0 Å². The fourth-order valence-corrected chi connectivity index (χ4v) is 4.66. The Morgan fingerprint density at radius 3 is 2.52 bits per heavy atom. The molecule has 0 aliphatic carbocycles. The molecule has 1 aliphatic rings. The van der Waals surface area contributed by atoms with E-state index in [1.165, 1.54) is 15.6 Å². The summed E-state index contributed by atoms with van der Waals surface area (Å²) in [5.74, 6) is -0.295. The minimum absolute atomic E-state index is 0.214. The van der Waals surface area contributed by atoms with Crippen LogP contribution in [0, 0.1) is 13.8 Å². The summed E-state index contributed by atoms with van der Waals surface area (Å²) in [4.78, 5) is 14.7. The van der Waals surface area contributed by atoms with Crippen molar-refractivity contribution in [2.45, 2.75) is 26.7 Å². The number of para-hydroxylation sites is 1. The molecule has 0 spiro atoms. The third-order valence-corrected chi connectivity index (χ3v) is 6.23. The van der Waals surface area contributed by atoms with Gasteiger partial charge in [0, 0.05) is 25.3 Å². The van der Waals surface area contributed by atoms with Gasteiger partial charge in [0.2, 0.25) is 15.9 Å². The number of sulfonamides is 1. The fraction of sp³-hybridized carbons (Fsp3) is 0.409. The van der Waals surface area contributed by atoms with E-state index in [0.29, 0.717) is 12.2 Å². The number of nitrogens with one attached hydrogen (secondary N) is 1. The molecule has 1 heterocycles. The van der Waals surface area contributed by atoms with E-state index in [9.17, 15) is 13.2 Å². The van der Waals surface area contributed by atoms with Crippen LogP contribution in [-0.4, -0.2) is 46.8 Å². The summed E-state index contributed by atoms with van der Waals surface area (Å²) in [6, 6.07) is 13.9. The maximum Gasteiger partial charge on any atom is 0.240 e. The van der Waals surface area contributed by atoms with E-state index in [1.807, 2.05) is 26.0 Å². The zero-order valence-electron chi connectivity index (χ0n) is 17.3. The highest BCUT2D eigenvalue weighted by atomic mass is 32.2. The highest BCUT2D eigenvalue weighted by Crippen LogP contribution is 2.27. The van der Waals surface area contributed by atoms with Gasteiger partial charge in [0.1, 0.15) is 6.54 Å². The second-order valence-corrected chi connectivity index (χ2v) is 9.59. The lowest BCUT2D eigenvalue weighted by molar-refractivity contribution is -0.119. The number of fused-ring (bicyclic) bond motifs is 1. The molecule has 1 N–H and O–H groups in total. The molecule has 156 valence electrons. The Hall–Kier alpha value is -2.54. The SMILES string of the molecule is Cc1cc(C)cc(N(CC(=O)NCCCN2CCc3ccccc32)S(C)(=O)=O)c1. The van der Waals surface area contributed by atoms with Crippen molar-refractivity contribution in [1.82, 2.24) is 5.32 Å². The number of carbonyl (C=O) groups is 1. The summed E-state index contributed by atoms with van der Waals surface area (Å²) >= 11 is 0. The van der Waals surface area contributed by atoms with Gasteiger partial charge >= 0.3 is 0 Å². The van der Waals surface area contributed by atoms with Crippen molar-refractivity contribution in [3.63, 3.8) is 0 Å². The van der Waals surface area contributed by atoms with E-state index < -0.39 is 10.0 Å². The third-order valence-electron chi connectivity index (χ3n) is 5.09. The summed E-state index contributed by atoms with van der Waals surface area (Å²) in [5, 5.41) is 2.86. The fourth-order valence-electron chi connectivity index (χ4n) is 3.82. The first kappa shape index (κ1) is 21.2. The van der Waals surface area contributed by atoms with E-state index in [-0.39, 0.29) is 12.5 Å². The molecule has 0 aromatic heterocycles. The second-order valence-electron chi connectivity index (χ2n) is 7.68. The van der Waals surface area contributed by atoms with Crippen molar-refractivity contribution in [2.75, 3.05) is 41.6 Å². The first-order valence-electron chi connectivity index (χ1n) is 9.89. The Balaban J connectivity index is 1.53. The highest BCUT2D eigenvalue weighted by molar-refractivity contribution is 7.92. The molecule has 0 unspecified atom stereocenters. The quantitative estimate of drug-likeness (QED) is 0.673. The lowest BCUT2D eigenvalue weighted by atomic mass is 10.1. The molecule has 0 fully saturated rings. The number of carbonyl (C=O) groups excluding carboxylic acids is 1. The molecule has 0 atom stereocenters. The summed E-state index contributed by atoms with van der Waals surface area (Å²) in [6.07, 6.45) is 2.99. The maximum absolute atomic E-state index is 12.4. The second kappa shape index (κ2) is 8.86. The van der Waals surface area contributed by atoms with Gasteiger partial charge in [-0.25, -0.2) is 8.42 Å². The Labute approximate surface area is 173 Å². The number of rotatable bonds is 8. The Morgan fingerprint density at radius 2 is 1.83 bits per heavy atom. The lowest BCUT2D eigenvalue weighted by Gasteiger charge is -2.23. The Bertz CT molecular complexity index is 968. The molecule has 3 rings (SSSR count). The normalized spacial score (nSPS) is 13.3. The molecule has 7 heteroatoms. The topological polar surface area (TPSA) is 69.7 Å². The van der Waals surface area contributed by atoms with Gasteiger partial charge in [0.15, 0.2) is 0 Å². The molecule has 1 aliphatic heterocycles. The van der Waals surface area contributed by atoms with Crippen LogP contribution in [0.2, 0.25) is 0 Å². The molecular formula is C22H29N3O3S. The van der Waals surface area contributed by atoms with Gasteiger partial charge in [0.25, 0.3) is 0 Å². The van der Waals surface area contributed by atoms with Gasteiger partial charge < -0.3 is 10.2 Å². The molecule has 0 radical (unpaired) electrons. The summed E-state index contributed by atoms with van der Waals surface area (Å²) < 4.78 is 25.7. The lowest BCUT2D eigenvalue weighted by Crippen LogP contribution is -2.41. The summed E-state index contributed by atoms with van der Waals surface area (Å²) in [6.45, 7) is 5.99. The number of hydrogen-bond acceptors (Lipinski definition) is 4. The zero-order valence-corrected chi connectivity index (χ0v) is 18.1. The van der Waals surface area contributed by atoms with E-state index >= 15 is 0 Å². The van der Waals surface area contributed by atoms with Crippen molar-refractivity contribution < 1.29 is 13.2 Å². The predicted octanol–water partition coefficient (Wildman–Crippen LogP) is 2.64. The van der Waals surface area contributed by atoms with Crippen molar-refractivity contribution in [3.05, 3.63) is 59.2 Å². The molecule has 29 heavy (non-hydrogen) atoms. The van der Waals surface area contributed by atoms with Gasteiger partial charge in [-0.1, -0.05) is 24.3 Å². The van der Waals surface area contributed by atoms with Crippen LogP contribution < -0.4 is 14.5 Å². The molecule has 0 saturated carbocycles. The van der Waals surface area contributed by atoms with Crippen LogP contribution >= 0.6 is 0 Å². The predicted molar refractivity (Wildman–Crippen MR) is 118 cm³/mol. The molecule has 6 nitrogen and oxygen atoms in total. The Morgan fingerprint density at radius 1 is 1.14 bits per heavy atom. The standard InChI is InChI=1S/C22H29N3O3S/c1-17-13-18(2)15-20(14-17)25(29(3,27)28)16-22(26)23-10-6-11-24-12-9-19-7-4-5-8-21(19)24/h4-5,7-8,13-15H,6,9-12,16H2,1-3H3,(H,23,26). The Kier molecular flexibility index (Phi) is 6.47. The van der Waals surface area contributed by atoms with E-state index in [0.717, 1.165) is 43.3 Å². The van der Waals surface area contributed by atoms with Crippen LogP contribution in [0.25, 0.3) is 0 Å². The van der Waals surface area contributed by atoms with Crippen LogP contribution in [0.15, 0.2) is 42.5 Å². The van der Waals surface area contributed by atoms with Crippen molar-refractivity contribution in [2.24, 2.45) is 0 Å². The monoisotopic (exact) mass is 415 g/mol. The highest BCUT2D eigenvalue weighted by Gasteiger charge is 2.21. The first-order chi connectivity index (χ1) is 13.7. The molecule has 0 bridgehead atoms. The minimum Gasteiger partial charge on any atom is -0.371 e. The van der Waals surface area contributed by atoms with Crippen molar-refractivity contribution >= 4 is 27.3 Å². The number of amides is 1. The first-order valence-corrected chi connectivity index (χ1v) is 11.7.